The predicted octanol–water partition coefficient (Wildman–Crippen LogP) is 2.53. The zero-order valence-electron chi connectivity index (χ0n) is 8.39. The second-order valence-corrected chi connectivity index (χ2v) is 1.74. The summed E-state index contributed by atoms with van der Waals surface area (Å²) in [5.74, 6) is 1.01. The summed E-state index contributed by atoms with van der Waals surface area (Å²) in [6.07, 6.45) is 1.78. The summed E-state index contributed by atoms with van der Waals surface area (Å²) < 4.78 is 0. The number of amidine groups is 1. The third kappa shape index (κ3) is 5.64. The summed E-state index contributed by atoms with van der Waals surface area (Å²) in [5, 5.41) is 0. The van der Waals surface area contributed by atoms with Gasteiger partial charge in [-0.2, -0.15) is 0 Å². The van der Waals surface area contributed by atoms with Gasteiger partial charge in [0.05, 0.1) is 5.84 Å². The molecule has 0 aromatic heterocycles. The normalized spacial score (nSPS) is 9.73. The van der Waals surface area contributed by atoms with E-state index in [1.54, 1.807) is 13.2 Å². The van der Waals surface area contributed by atoms with Crippen LogP contribution in [0.25, 0.3) is 0 Å². The molecule has 0 aromatic rings. The van der Waals surface area contributed by atoms with E-state index in [-0.39, 0.29) is 0 Å². The zero-order valence-corrected chi connectivity index (χ0v) is 8.39. The van der Waals surface area contributed by atoms with Gasteiger partial charge in [-0.25, -0.2) is 0 Å². The SMILES string of the molecule is C=CN(CC)C(C)=NC.CC. The molecule has 0 spiro atoms. The fourth-order valence-corrected chi connectivity index (χ4v) is 0.618. The Kier molecular flexibility index (Phi) is 10.8. The first-order chi connectivity index (χ1) is 5.26. The maximum atomic E-state index is 4.00. The molecule has 0 fully saturated rings. The molecule has 0 amide bonds. The highest BCUT2D eigenvalue weighted by Gasteiger charge is 1.94. The molecule has 2 heteroatoms. The minimum absolute atomic E-state index is 0.937. The van der Waals surface area contributed by atoms with Gasteiger partial charge in [0.15, 0.2) is 0 Å². The summed E-state index contributed by atoms with van der Waals surface area (Å²) in [4.78, 5) is 5.99. The number of aliphatic imine (C=N–C) groups is 1. The molecule has 0 aliphatic rings. The lowest BCUT2D eigenvalue weighted by Crippen LogP contribution is -2.21. The highest BCUT2D eigenvalue weighted by molar-refractivity contribution is 5.80. The van der Waals surface area contributed by atoms with Crippen molar-refractivity contribution >= 4 is 5.84 Å². The maximum absolute atomic E-state index is 4.00. The van der Waals surface area contributed by atoms with Gasteiger partial charge in [-0.05, 0) is 20.0 Å². The van der Waals surface area contributed by atoms with Crippen molar-refractivity contribution in [3.63, 3.8) is 0 Å². The van der Waals surface area contributed by atoms with E-state index < -0.39 is 0 Å². The van der Waals surface area contributed by atoms with Crippen molar-refractivity contribution in [3.8, 4) is 0 Å². The summed E-state index contributed by atoms with van der Waals surface area (Å²) in [6.45, 7) is 12.6. The van der Waals surface area contributed by atoms with Gasteiger partial charge in [-0.3, -0.25) is 4.99 Å². The van der Waals surface area contributed by atoms with Gasteiger partial charge in [0.25, 0.3) is 0 Å². The fourth-order valence-electron chi connectivity index (χ4n) is 0.618. The Morgan fingerprint density at radius 2 is 2.00 bits per heavy atom. The molecule has 0 aliphatic carbocycles. The summed E-state index contributed by atoms with van der Waals surface area (Å²) in [7, 11) is 1.78. The molecule has 0 N–H and O–H groups in total. The highest BCUT2D eigenvalue weighted by atomic mass is 15.2. The maximum Gasteiger partial charge on any atom is 0.0993 e. The number of hydrogen-bond donors (Lipinski definition) is 0. The molecular weight excluding hydrogens is 136 g/mol. The van der Waals surface area contributed by atoms with Crippen LogP contribution in [-0.4, -0.2) is 24.3 Å². The van der Waals surface area contributed by atoms with Crippen molar-refractivity contribution in [2.75, 3.05) is 13.6 Å². The van der Waals surface area contributed by atoms with Gasteiger partial charge in [0.1, 0.15) is 0 Å². The van der Waals surface area contributed by atoms with E-state index in [1.807, 2.05) is 25.7 Å². The van der Waals surface area contributed by atoms with Crippen LogP contribution in [0.15, 0.2) is 17.8 Å². The quantitative estimate of drug-likeness (QED) is 0.443. The van der Waals surface area contributed by atoms with Gasteiger partial charge in [-0.1, -0.05) is 20.4 Å². The van der Waals surface area contributed by atoms with Crippen LogP contribution < -0.4 is 0 Å². The van der Waals surface area contributed by atoms with Crippen LogP contribution in [0.2, 0.25) is 0 Å². The van der Waals surface area contributed by atoms with Crippen LogP contribution in [0, 0.1) is 0 Å². The van der Waals surface area contributed by atoms with Crippen LogP contribution in [0.4, 0.5) is 0 Å². The van der Waals surface area contributed by atoms with E-state index in [1.165, 1.54) is 0 Å². The Hall–Kier alpha value is -0.790. The zero-order chi connectivity index (χ0) is 9.28. The molecule has 0 bridgehead atoms. The van der Waals surface area contributed by atoms with Crippen LogP contribution in [-0.2, 0) is 0 Å². The van der Waals surface area contributed by atoms with Crippen molar-refractivity contribution in [2.24, 2.45) is 4.99 Å². The smallest absolute Gasteiger partial charge is 0.0993 e. The molecular formula is C9H20N2. The van der Waals surface area contributed by atoms with Gasteiger partial charge >= 0.3 is 0 Å². The van der Waals surface area contributed by atoms with E-state index in [0.29, 0.717) is 0 Å². The van der Waals surface area contributed by atoms with Gasteiger partial charge in [0, 0.05) is 13.6 Å². The Morgan fingerprint density at radius 3 is 2.09 bits per heavy atom. The van der Waals surface area contributed by atoms with Crippen molar-refractivity contribution in [1.82, 2.24) is 4.90 Å². The van der Waals surface area contributed by atoms with E-state index in [0.717, 1.165) is 12.4 Å². The number of rotatable bonds is 2. The standard InChI is InChI=1S/C7H14N2.C2H6/c1-5-9(6-2)7(3)8-4;1-2/h5H,1,6H2,2-4H3;1-2H3. The molecule has 2 nitrogen and oxygen atoms in total. The van der Waals surface area contributed by atoms with E-state index in [4.69, 9.17) is 0 Å². The lowest BCUT2D eigenvalue weighted by Gasteiger charge is -2.15. The molecule has 0 aliphatic heterocycles. The van der Waals surface area contributed by atoms with Crippen LogP contribution in [0.5, 0.6) is 0 Å². The average molecular weight is 156 g/mol. The predicted molar refractivity (Wildman–Crippen MR) is 53.0 cm³/mol. The second-order valence-electron chi connectivity index (χ2n) is 1.74. The number of nitrogens with zero attached hydrogens (tertiary/aromatic N) is 2. The first-order valence-electron chi connectivity index (χ1n) is 4.08. The second kappa shape index (κ2) is 9.21. The lowest BCUT2D eigenvalue weighted by molar-refractivity contribution is 0.587. The van der Waals surface area contributed by atoms with E-state index in [9.17, 15) is 0 Å². The molecule has 0 saturated carbocycles. The molecule has 11 heavy (non-hydrogen) atoms. The minimum atomic E-state index is 0.937. The van der Waals surface area contributed by atoms with E-state index >= 15 is 0 Å². The summed E-state index contributed by atoms with van der Waals surface area (Å²) in [6, 6.07) is 0. The third-order valence-corrected chi connectivity index (χ3v) is 1.30. The van der Waals surface area contributed by atoms with Crippen LogP contribution >= 0.6 is 0 Å². The van der Waals surface area contributed by atoms with Crippen molar-refractivity contribution < 1.29 is 0 Å². The molecule has 0 unspecified atom stereocenters. The largest absolute Gasteiger partial charge is 0.338 e. The Labute approximate surface area is 70.6 Å². The summed E-state index contributed by atoms with van der Waals surface area (Å²) >= 11 is 0. The van der Waals surface area contributed by atoms with Crippen molar-refractivity contribution in [3.05, 3.63) is 12.8 Å². The van der Waals surface area contributed by atoms with Crippen LogP contribution in [0.1, 0.15) is 27.7 Å². The molecule has 0 saturated heterocycles. The minimum Gasteiger partial charge on any atom is -0.338 e. The van der Waals surface area contributed by atoms with E-state index in [2.05, 4.69) is 18.5 Å². The molecule has 0 atom stereocenters. The topological polar surface area (TPSA) is 15.6 Å². The Balaban J connectivity index is 0. The molecule has 0 rings (SSSR count). The Bertz CT molecular complexity index is 117. The Morgan fingerprint density at radius 1 is 1.55 bits per heavy atom. The average Bonchev–Trinajstić information content (AvgIpc) is 2.10. The lowest BCUT2D eigenvalue weighted by atomic mass is 10.5. The monoisotopic (exact) mass is 156 g/mol. The molecule has 66 valence electrons. The fraction of sp³-hybridized carbons (Fsp3) is 0.667. The molecule has 0 radical (unpaired) electrons. The molecule has 0 aromatic carbocycles. The van der Waals surface area contributed by atoms with Crippen molar-refractivity contribution in [1.29, 1.82) is 0 Å². The number of hydrogen-bond acceptors (Lipinski definition) is 1. The third-order valence-electron chi connectivity index (χ3n) is 1.30. The van der Waals surface area contributed by atoms with Gasteiger partial charge < -0.3 is 4.90 Å². The highest BCUT2D eigenvalue weighted by Crippen LogP contribution is 1.89. The van der Waals surface area contributed by atoms with Crippen LogP contribution in [0.3, 0.4) is 0 Å². The van der Waals surface area contributed by atoms with Gasteiger partial charge in [-0.15, -0.1) is 0 Å². The van der Waals surface area contributed by atoms with Gasteiger partial charge in [0.2, 0.25) is 0 Å². The summed E-state index contributed by atoms with van der Waals surface area (Å²) in [5.41, 5.74) is 0. The van der Waals surface area contributed by atoms with Crippen molar-refractivity contribution in [2.45, 2.75) is 27.7 Å². The first-order valence-corrected chi connectivity index (χ1v) is 4.08. The molecule has 0 heterocycles. The first kappa shape index (κ1) is 12.8.